The highest BCUT2D eigenvalue weighted by Crippen LogP contribution is 2.54. The van der Waals surface area contributed by atoms with Gasteiger partial charge < -0.3 is 0 Å². The van der Waals surface area contributed by atoms with Crippen LogP contribution in [0, 0.1) is 11.6 Å². The molecule has 40 heavy (non-hydrogen) atoms. The van der Waals surface area contributed by atoms with Crippen LogP contribution in [0.15, 0.2) is 47.2 Å². The summed E-state index contributed by atoms with van der Waals surface area (Å²) in [7, 11) is 0. The van der Waals surface area contributed by atoms with Crippen molar-refractivity contribution in [2.75, 3.05) is 0 Å². The van der Waals surface area contributed by atoms with Gasteiger partial charge in [-0.2, -0.15) is 0 Å². The lowest BCUT2D eigenvalue weighted by molar-refractivity contribution is 0.635. The minimum Gasteiger partial charge on any atom is -0.205 e. The van der Waals surface area contributed by atoms with Crippen LogP contribution in [0.2, 0.25) is 0 Å². The molecular weight excluding hydrogens is 695 g/mol. The molecule has 0 atom stereocenters. The van der Waals surface area contributed by atoms with Crippen LogP contribution in [0.4, 0.5) is 8.78 Å². The Morgan fingerprint density at radius 1 is 0.375 bits per heavy atom. The van der Waals surface area contributed by atoms with Gasteiger partial charge in [0.2, 0.25) is 0 Å². The van der Waals surface area contributed by atoms with Crippen molar-refractivity contribution in [3.05, 3.63) is 58.8 Å². The number of rotatable bonds is 3. The molecule has 0 radical (unpaired) electrons. The van der Waals surface area contributed by atoms with Crippen molar-refractivity contribution in [3.63, 3.8) is 0 Å². The molecule has 0 aliphatic heterocycles. The molecule has 10 heterocycles. The quantitative estimate of drug-likeness (QED) is 0.172. The minimum atomic E-state index is -0.232. The zero-order chi connectivity index (χ0) is 26.3. The second kappa shape index (κ2) is 8.50. The molecule has 0 unspecified atom stereocenters. The zero-order valence-corrected chi connectivity index (χ0v) is 27.6. The second-order valence-electron chi connectivity index (χ2n) is 9.14. The average molecular weight is 703 g/mol. The molecule has 0 aliphatic carbocycles. The van der Waals surface area contributed by atoms with Crippen molar-refractivity contribution in [2.45, 2.75) is 0 Å². The van der Waals surface area contributed by atoms with E-state index < -0.39 is 0 Å². The van der Waals surface area contributed by atoms with Crippen LogP contribution in [-0.2, 0) is 0 Å². The van der Waals surface area contributed by atoms with Crippen LogP contribution in [0.1, 0.15) is 0 Å². The van der Waals surface area contributed by atoms with Crippen molar-refractivity contribution >= 4 is 170 Å². The number of thiophene rings is 10. The van der Waals surface area contributed by atoms with Crippen LogP contribution in [0.5, 0.6) is 0 Å². The molecule has 0 aliphatic rings. The summed E-state index contributed by atoms with van der Waals surface area (Å²) >= 11 is 17.0. The fourth-order valence-corrected chi connectivity index (χ4v) is 18.2. The number of hydrogen-bond donors (Lipinski definition) is 0. The van der Waals surface area contributed by atoms with Gasteiger partial charge in [-0.15, -0.1) is 113 Å². The number of fused-ring (bicyclic) bond motifs is 10. The first kappa shape index (κ1) is 23.9. The van der Waals surface area contributed by atoms with Gasteiger partial charge in [0.15, 0.2) is 0 Å². The highest BCUT2D eigenvalue weighted by molar-refractivity contribution is 7.46. The molecule has 10 rings (SSSR count). The molecule has 0 bridgehead atoms. The Kier molecular flexibility index (Phi) is 5.08. The summed E-state index contributed by atoms with van der Waals surface area (Å²) < 4.78 is 46.3. The van der Waals surface area contributed by atoms with E-state index in [2.05, 4.69) is 35.0 Å². The third-order valence-corrected chi connectivity index (χ3v) is 19.7. The van der Waals surface area contributed by atoms with Crippen LogP contribution in [0.3, 0.4) is 0 Å². The Morgan fingerprint density at radius 2 is 0.800 bits per heavy atom. The summed E-state index contributed by atoms with van der Waals surface area (Å²) in [4.78, 5) is 4.73. The molecule has 0 aromatic carbocycles. The first-order chi connectivity index (χ1) is 19.6. The van der Waals surface area contributed by atoms with Crippen molar-refractivity contribution < 1.29 is 8.78 Å². The van der Waals surface area contributed by atoms with Gasteiger partial charge in [-0.05, 0) is 47.2 Å². The maximum Gasteiger partial charge on any atom is 0.143 e. The van der Waals surface area contributed by atoms with Crippen LogP contribution >= 0.6 is 113 Å². The maximum absolute atomic E-state index is 15.3. The molecule has 12 heteroatoms. The maximum atomic E-state index is 15.3. The van der Waals surface area contributed by atoms with E-state index in [1.165, 1.54) is 79.1 Å². The Hall–Kier alpha value is -1.58. The molecular formula is C28H8F2S10. The van der Waals surface area contributed by atoms with E-state index >= 15 is 8.78 Å². The lowest BCUT2D eigenvalue weighted by Crippen LogP contribution is -1.68. The molecule has 0 amide bonds. The van der Waals surface area contributed by atoms with E-state index in [4.69, 9.17) is 0 Å². The van der Waals surface area contributed by atoms with Gasteiger partial charge in [-0.25, -0.2) is 8.78 Å². The van der Waals surface area contributed by atoms with Crippen molar-refractivity contribution in [2.24, 2.45) is 0 Å². The van der Waals surface area contributed by atoms with Gasteiger partial charge in [-0.3, -0.25) is 0 Å². The normalized spacial score (nSPS) is 12.8. The van der Waals surface area contributed by atoms with E-state index in [1.807, 2.05) is 22.7 Å². The monoisotopic (exact) mass is 702 g/mol. The Labute approximate surface area is 263 Å². The van der Waals surface area contributed by atoms with Crippen LogP contribution < -0.4 is 0 Å². The number of hydrogen-bond acceptors (Lipinski definition) is 10. The van der Waals surface area contributed by atoms with Crippen LogP contribution in [0.25, 0.3) is 85.7 Å². The average Bonchev–Trinajstić information content (AvgIpc) is 3.73. The lowest BCUT2D eigenvalue weighted by atomic mass is 10.3. The lowest BCUT2D eigenvalue weighted by Gasteiger charge is -1.92. The Balaban J connectivity index is 1.04. The van der Waals surface area contributed by atoms with Gasteiger partial charge >= 0.3 is 0 Å². The number of halogens is 2. The van der Waals surface area contributed by atoms with Crippen molar-refractivity contribution in [3.8, 4) is 29.3 Å². The highest BCUT2D eigenvalue weighted by Gasteiger charge is 2.23. The Morgan fingerprint density at radius 3 is 1.27 bits per heavy atom. The SMILES string of the molecule is Fc1cc(-c2cc(F)c(-c3cc4sc5c6sccc6sc5c4s3)s2)sc1-c1cc2sc3c4sccc4sc3c2s1. The topological polar surface area (TPSA) is 0 Å². The molecule has 0 saturated carbocycles. The smallest absolute Gasteiger partial charge is 0.143 e. The zero-order valence-electron chi connectivity index (χ0n) is 19.5. The second-order valence-corrected chi connectivity index (χ2v) is 19.4. The predicted molar refractivity (Wildman–Crippen MR) is 186 cm³/mol. The third-order valence-electron chi connectivity index (χ3n) is 6.80. The molecule has 194 valence electrons. The van der Waals surface area contributed by atoms with Crippen molar-refractivity contribution in [1.82, 2.24) is 0 Å². The minimum absolute atomic E-state index is 0.232. The molecule has 0 saturated heterocycles. The highest BCUT2D eigenvalue weighted by atomic mass is 32.1. The van der Waals surface area contributed by atoms with E-state index in [1.54, 1.807) is 80.2 Å². The van der Waals surface area contributed by atoms with E-state index in [0.29, 0.717) is 9.75 Å². The largest absolute Gasteiger partial charge is 0.205 e. The standard InChI is InChI=1S/C28H8F2S10/c29-9-5-13(35-19(9)15-7-17-23(37-15)27-25(39-17)21-11(33-27)1-3-31-21)14-6-10(30)20(36-14)16-8-18-24(38-16)28-26(40-18)22-12(34-28)2-4-32-22/h1-8H. The van der Waals surface area contributed by atoms with Crippen molar-refractivity contribution in [1.29, 1.82) is 0 Å². The van der Waals surface area contributed by atoms with Gasteiger partial charge in [0.05, 0.1) is 47.4 Å². The fraction of sp³-hybridized carbons (Fsp3) is 0. The predicted octanol–water partition coefficient (Wildman–Crippen LogP) is 14.5. The Bertz CT molecular complexity index is 2410. The first-order valence-electron chi connectivity index (χ1n) is 11.8. The molecule has 0 fully saturated rings. The molecule has 10 aromatic rings. The van der Waals surface area contributed by atoms with E-state index in [0.717, 1.165) is 19.5 Å². The summed E-state index contributed by atoms with van der Waals surface area (Å²) in [5.41, 5.74) is 0. The van der Waals surface area contributed by atoms with Gasteiger partial charge in [-0.1, -0.05) is 0 Å². The van der Waals surface area contributed by atoms with E-state index in [-0.39, 0.29) is 11.6 Å². The first-order valence-corrected chi connectivity index (χ1v) is 20.1. The summed E-state index contributed by atoms with van der Waals surface area (Å²) in [6.45, 7) is 0. The third kappa shape index (κ3) is 3.26. The summed E-state index contributed by atoms with van der Waals surface area (Å²) in [6, 6.07) is 11.8. The molecule has 0 N–H and O–H groups in total. The summed E-state index contributed by atoms with van der Waals surface area (Å²) in [5.74, 6) is -0.464. The van der Waals surface area contributed by atoms with E-state index in [9.17, 15) is 0 Å². The fourth-order valence-electron chi connectivity index (χ4n) is 5.07. The molecule has 0 nitrogen and oxygen atoms in total. The summed E-state index contributed by atoms with van der Waals surface area (Å²) in [5, 5.41) is 4.29. The van der Waals surface area contributed by atoms with Gasteiger partial charge in [0, 0.05) is 38.3 Å². The summed E-state index contributed by atoms with van der Waals surface area (Å²) in [6.07, 6.45) is 0. The van der Waals surface area contributed by atoms with Gasteiger partial charge in [0.25, 0.3) is 0 Å². The van der Waals surface area contributed by atoms with Gasteiger partial charge in [0.1, 0.15) is 11.6 Å². The molecule has 0 spiro atoms. The molecule has 10 aromatic heterocycles. The van der Waals surface area contributed by atoms with Crippen LogP contribution in [-0.4, -0.2) is 0 Å².